The lowest BCUT2D eigenvalue weighted by Crippen LogP contribution is -2.31. The number of fused-ring (bicyclic) bond motifs is 1. The quantitative estimate of drug-likeness (QED) is 0.481. The summed E-state index contributed by atoms with van der Waals surface area (Å²) in [4.78, 5) is 0. The normalized spacial score (nSPS) is 40.4. The molecule has 0 aromatic rings. The summed E-state index contributed by atoms with van der Waals surface area (Å²) in [6, 6.07) is 0.376. The van der Waals surface area contributed by atoms with Crippen molar-refractivity contribution in [3.05, 3.63) is 0 Å². The molecule has 0 spiro atoms. The van der Waals surface area contributed by atoms with Gasteiger partial charge in [0.15, 0.2) is 0 Å². The highest BCUT2D eigenvalue weighted by Crippen LogP contribution is 2.41. The Morgan fingerprint density at radius 1 is 1.75 bits per heavy atom. The van der Waals surface area contributed by atoms with Crippen LogP contribution in [0.3, 0.4) is 0 Å². The molecule has 2 fully saturated rings. The van der Waals surface area contributed by atoms with Crippen LogP contribution in [-0.2, 0) is 15.6 Å². The highest BCUT2D eigenvalue weighted by atomic mass is 32.2. The first kappa shape index (κ1) is 9.03. The summed E-state index contributed by atoms with van der Waals surface area (Å²) in [5.41, 5.74) is 0. The maximum absolute atomic E-state index is 10.4. The molecule has 0 radical (unpaired) electrons. The zero-order valence-corrected chi connectivity index (χ0v) is 8.38. The van der Waals surface area contributed by atoms with Gasteiger partial charge in [0.2, 0.25) is 0 Å². The van der Waals surface area contributed by atoms with E-state index in [0.29, 0.717) is 15.0 Å². The minimum Gasteiger partial charge on any atom is -0.772 e. The first-order chi connectivity index (χ1) is 5.77. The molecule has 2 aliphatic rings. The van der Waals surface area contributed by atoms with Gasteiger partial charge in [-0.15, -0.1) is 0 Å². The van der Waals surface area contributed by atoms with Crippen LogP contribution in [0.25, 0.3) is 0 Å². The number of hydrogen-bond donors (Lipinski definition) is 0. The zero-order valence-electron chi connectivity index (χ0n) is 6.56. The lowest BCUT2D eigenvalue weighted by Gasteiger charge is -2.17. The van der Waals surface area contributed by atoms with E-state index in [1.807, 2.05) is 0 Å². The molecular weight excluding hydrogens is 197 g/mol. The fraction of sp³-hybridized carbons (Fsp3) is 1.00. The van der Waals surface area contributed by atoms with Crippen molar-refractivity contribution in [2.24, 2.45) is 0 Å². The van der Waals surface area contributed by atoms with E-state index in [1.54, 1.807) is 0 Å². The summed E-state index contributed by atoms with van der Waals surface area (Å²) in [6.07, 6.45) is 2.21. The highest BCUT2D eigenvalue weighted by Gasteiger charge is 2.38. The van der Waals surface area contributed by atoms with E-state index >= 15 is 0 Å². The van der Waals surface area contributed by atoms with Crippen LogP contribution < -0.4 is 0 Å². The Morgan fingerprint density at radius 2 is 2.58 bits per heavy atom. The summed E-state index contributed by atoms with van der Waals surface area (Å²) in [7, 11) is 0.382. The Hall–Kier alpha value is 0.460. The molecule has 2 heterocycles. The predicted molar refractivity (Wildman–Crippen MR) is 46.7 cm³/mol. The molecule has 0 aromatic heterocycles. The lowest BCUT2D eigenvalue weighted by atomic mass is 10.1. The molecule has 70 valence electrons. The molecule has 2 rings (SSSR count). The lowest BCUT2D eigenvalue weighted by molar-refractivity contribution is 0.235. The molecule has 2 unspecified atom stereocenters. The first-order valence-corrected chi connectivity index (χ1v) is 6.11. The second kappa shape index (κ2) is 3.68. The maximum atomic E-state index is 10.4. The van der Waals surface area contributed by atoms with E-state index in [-0.39, 0.29) is 11.9 Å². The molecule has 0 amide bonds. The minimum atomic E-state index is -1.96. The zero-order chi connectivity index (χ0) is 8.55. The van der Waals surface area contributed by atoms with Crippen LogP contribution >= 0.6 is 8.96 Å². The Labute approximate surface area is 75.9 Å². The van der Waals surface area contributed by atoms with Gasteiger partial charge in [0.25, 0.3) is 0 Å². The molecule has 0 bridgehead atoms. The maximum Gasteiger partial charge on any atom is 0.0898 e. The van der Waals surface area contributed by atoms with Crippen molar-refractivity contribution in [3.8, 4) is 0 Å². The van der Waals surface area contributed by atoms with Crippen molar-refractivity contribution in [2.75, 3.05) is 12.3 Å². The Kier molecular flexibility index (Phi) is 2.77. The summed E-state index contributed by atoms with van der Waals surface area (Å²) >= 11 is -1.96. The van der Waals surface area contributed by atoms with Crippen LogP contribution in [0, 0.1) is 0 Å². The topological polar surface area (TPSA) is 52.6 Å². The summed E-state index contributed by atoms with van der Waals surface area (Å²) in [5.74, 6) is 0.161. The first-order valence-electron chi connectivity index (χ1n) is 4.01. The van der Waals surface area contributed by atoms with Gasteiger partial charge < -0.3 is 9.08 Å². The average molecular weight is 208 g/mol. The predicted octanol–water partition coefficient (Wildman–Crippen LogP) is 0.237. The fourth-order valence-electron chi connectivity index (χ4n) is 1.79. The molecule has 2 saturated heterocycles. The van der Waals surface area contributed by atoms with Crippen molar-refractivity contribution >= 4 is 20.0 Å². The van der Waals surface area contributed by atoms with E-state index in [2.05, 4.69) is 4.67 Å². The van der Waals surface area contributed by atoms with Gasteiger partial charge in [-0.1, -0.05) is 11.1 Å². The van der Waals surface area contributed by atoms with Gasteiger partial charge in [0, 0.05) is 18.3 Å². The van der Waals surface area contributed by atoms with Gasteiger partial charge >= 0.3 is 0 Å². The number of hydrogen-bond acceptors (Lipinski definition) is 4. The standard InChI is InChI=1S/C6H12NO3PS/c8-12(9)4-6-5-2-1-3-7(5)11-10-6/h5-6,11H,1-4H2,(H,8,9)/p-1/t5-,6+/m0/s1. The van der Waals surface area contributed by atoms with Crippen LogP contribution in [0.2, 0.25) is 0 Å². The average Bonchev–Trinajstić information content (AvgIpc) is 2.52. The van der Waals surface area contributed by atoms with Crippen molar-refractivity contribution < 1.29 is 13.3 Å². The molecule has 6 heteroatoms. The third kappa shape index (κ3) is 1.70. The molecule has 0 aromatic carbocycles. The van der Waals surface area contributed by atoms with Crippen molar-refractivity contribution in [3.63, 3.8) is 0 Å². The molecule has 4 nitrogen and oxygen atoms in total. The third-order valence-corrected chi connectivity index (χ3v) is 4.15. The van der Waals surface area contributed by atoms with Gasteiger partial charge in [-0.05, 0) is 12.8 Å². The monoisotopic (exact) mass is 208 g/mol. The second-order valence-electron chi connectivity index (χ2n) is 3.12. The Bertz CT molecular complexity index is 203. The molecular formula is C6H11NO3PS-. The summed E-state index contributed by atoms with van der Waals surface area (Å²) in [5, 5.41) is 0. The molecule has 0 saturated carbocycles. The van der Waals surface area contributed by atoms with Gasteiger partial charge in [-0.25, -0.2) is 0 Å². The number of rotatable bonds is 2. The van der Waals surface area contributed by atoms with Crippen LogP contribution in [0.15, 0.2) is 0 Å². The van der Waals surface area contributed by atoms with E-state index in [9.17, 15) is 8.76 Å². The molecule has 2 aliphatic heterocycles. The highest BCUT2D eigenvalue weighted by molar-refractivity contribution is 7.79. The van der Waals surface area contributed by atoms with Crippen LogP contribution in [0.1, 0.15) is 12.8 Å². The van der Waals surface area contributed by atoms with Crippen LogP contribution in [0.4, 0.5) is 0 Å². The van der Waals surface area contributed by atoms with E-state index in [1.165, 1.54) is 6.42 Å². The molecule has 4 atom stereocenters. The van der Waals surface area contributed by atoms with Gasteiger partial charge in [-0.2, -0.15) is 0 Å². The van der Waals surface area contributed by atoms with Gasteiger partial charge in [-0.3, -0.25) is 8.88 Å². The Morgan fingerprint density at radius 3 is 3.33 bits per heavy atom. The van der Waals surface area contributed by atoms with E-state index < -0.39 is 11.1 Å². The van der Waals surface area contributed by atoms with Crippen LogP contribution in [-0.4, -0.2) is 37.9 Å². The molecule has 0 N–H and O–H groups in total. The molecule has 12 heavy (non-hydrogen) atoms. The molecule has 0 aliphatic carbocycles. The third-order valence-electron chi connectivity index (χ3n) is 2.35. The smallest absolute Gasteiger partial charge is 0.0898 e. The van der Waals surface area contributed by atoms with E-state index in [0.717, 1.165) is 13.0 Å². The van der Waals surface area contributed by atoms with Gasteiger partial charge in [0.1, 0.15) is 0 Å². The van der Waals surface area contributed by atoms with E-state index in [4.69, 9.17) is 4.52 Å². The van der Waals surface area contributed by atoms with Crippen molar-refractivity contribution in [1.82, 2.24) is 4.67 Å². The minimum absolute atomic E-state index is 0.0656. The largest absolute Gasteiger partial charge is 0.772 e. The Balaban J connectivity index is 1.95. The SMILES string of the molecule is O=S([O-])C[C@H]1OPN2CCC[C@@H]12. The fourth-order valence-corrected chi connectivity index (χ4v) is 3.66. The van der Waals surface area contributed by atoms with Crippen molar-refractivity contribution in [2.45, 2.75) is 25.0 Å². The summed E-state index contributed by atoms with van der Waals surface area (Å²) < 4.78 is 28.5. The number of nitrogens with zero attached hydrogens (tertiary/aromatic N) is 1. The van der Waals surface area contributed by atoms with Gasteiger partial charge in [0.05, 0.1) is 15.1 Å². The van der Waals surface area contributed by atoms with Crippen LogP contribution in [0.5, 0.6) is 0 Å². The second-order valence-corrected chi connectivity index (χ2v) is 5.05. The van der Waals surface area contributed by atoms with Crippen molar-refractivity contribution in [1.29, 1.82) is 0 Å². The summed E-state index contributed by atoms with van der Waals surface area (Å²) in [6.45, 7) is 1.07.